The molecule has 120 valence electrons. The number of fused-ring (bicyclic) bond motifs is 2. The number of hydrogen-bond acceptors (Lipinski definition) is 4. The van der Waals surface area contributed by atoms with Gasteiger partial charge in [-0.2, -0.15) is 0 Å². The lowest BCUT2D eigenvalue weighted by Gasteiger charge is -2.45. The lowest BCUT2D eigenvalue weighted by atomic mass is 9.87. The highest BCUT2D eigenvalue weighted by atomic mass is 16.5. The van der Waals surface area contributed by atoms with Gasteiger partial charge in [-0.05, 0) is 36.5 Å². The fourth-order valence-electron chi connectivity index (χ4n) is 4.13. The Morgan fingerprint density at radius 2 is 2.23 bits per heavy atom. The van der Waals surface area contributed by atoms with Gasteiger partial charge in [0.25, 0.3) is 0 Å². The monoisotopic (exact) mass is 303 g/mol. The number of hydrogen-bond donors (Lipinski definition) is 0. The van der Waals surface area contributed by atoms with Gasteiger partial charge in [-0.3, -0.25) is 4.90 Å². The molecule has 3 aliphatic rings. The molecule has 0 N–H and O–H groups in total. The molecule has 1 aromatic carbocycles. The summed E-state index contributed by atoms with van der Waals surface area (Å²) >= 11 is 0. The van der Waals surface area contributed by atoms with E-state index >= 15 is 0 Å². The minimum Gasteiger partial charge on any atom is -0.493 e. The van der Waals surface area contributed by atoms with E-state index in [4.69, 9.17) is 14.2 Å². The third-order valence-electron chi connectivity index (χ3n) is 5.36. The average molecular weight is 303 g/mol. The largest absolute Gasteiger partial charge is 0.493 e. The van der Waals surface area contributed by atoms with Crippen molar-refractivity contribution in [3.05, 3.63) is 29.3 Å². The molecule has 4 rings (SSSR count). The highest BCUT2D eigenvalue weighted by Gasteiger charge is 2.37. The Balaban J connectivity index is 1.48. The zero-order valence-electron chi connectivity index (χ0n) is 13.3. The van der Waals surface area contributed by atoms with Crippen LogP contribution in [0, 0.1) is 0 Å². The van der Waals surface area contributed by atoms with Crippen LogP contribution in [0.15, 0.2) is 18.2 Å². The van der Waals surface area contributed by atoms with Crippen LogP contribution in [0.1, 0.15) is 30.4 Å². The molecule has 4 heteroatoms. The third-order valence-corrected chi connectivity index (χ3v) is 5.36. The van der Waals surface area contributed by atoms with Crippen LogP contribution in [0.25, 0.3) is 0 Å². The van der Waals surface area contributed by atoms with E-state index in [2.05, 4.69) is 23.1 Å². The molecule has 0 spiro atoms. The van der Waals surface area contributed by atoms with Crippen LogP contribution in [-0.2, 0) is 22.4 Å². The van der Waals surface area contributed by atoms with Crippen molar-refractivity contribution in [2.75, 3.05) is 26.9 Å². The molecule has 0 unspecified atom stereocenters. The number of methoxy groups -OCH3 is 1. The van der Waals surface area contributed by atoms with Gasteiger partial charge in [0, 0.05) is 32.7 Å². The first kappa shape index (κ1) is 14.5. The predicted molar refractivity (Wildman–Crippen MR) is 84.2 cm³/mol. The van der Waals surface area contributed by atoms with E-state index in [-0.39, 0.29) is 0 Å². The molecule has 4 nitrogen and oxygen atoms in total. The third kappa shape index (κ3) is 2.75. The van der Waals surface area contributed by atoms with E-state index < -0.39 is 0 Å². The molecule has 2 heterocycles. The molecule has 1 saturated heterocycles. The summed E-state index contributed by atoms with van der Waals surface area (Å²) < 4.78 is 17.2. The van der Waals surface area contributed by atoms with E-state index in [9.17, 15) is 0 Å². The zero-order valence-corrected chi connectivity index (χ0v) is 13.3. The Morgan fingerprint density at radius 1 is 1.27 bits per heavy atom. The Kier molecular flexibility index (Phi) is 4.07. The van der Waals surface area contributed by atoms with Gasteiger partial charge < -0.3 is 14.2 Å². The summed E-state index contributed by atoms with van der Waals surface area (Å²) in [5.74, 6) is 1.07. The Hall–Kier alpha value is -1.10. The van der Waals surface area contributed by atoms with E-state index in [0.717, 1.165) is 57.7 Å². The molecule has 2 fully saturated rings. The number of ether oxygens (including phenoxy) is 3. The van der Waals surface area contributed by atoms with Crippen molar-refractivity contribution in [3.63, 3.8) is 0 Å². The molecule has 3 atom stereocenters. The predicted octanol–water partition coefficient (Wildman–Crippen LogP) is 2.39. The Labute approximate surface area is 132 Å². The Morgan fingerprint density at radius 3 is 3.14 bits per heavy atom. The van der Waals surface area contributed by atoms with Crippen LogP contribution in [0.2, 0.25) is 0 Å². The van der Waals surface area contributed by atoms with Gasteiger partial charge in [0.05, 0.1) is 25.4 Å². The van der Waals surface area contributed by atoms with Gasteiger partial charge in [-0.1, -0.05) is 12.1 Å². The summed E-state index contributed by atoms with van der Waals surface area (Å²) in [6.45, 7) is 3.71. The summed E-state index contributed by atoms with van der Waals surface area (Å²) in [4.78, 5) is 2.59. The smallest absolute Gasteiger partial charge is 0.122 e. The van der Waals surface area contributed by atoms with Gasteiger partial charge in [0.1, 0.15) is 5.75 Å². The van der Waals surface area contributed by atoms with Crippen LogP contribution < -0.4 is 4.74 Å². The summed E-state index contributed by atoms with van der Waals surface area (Å²) in [5.41, 5.74) is 2.75. The maximum Gasteiger partial charge on any atom is 0.122 e. The van der Waals surface area contributed by atoms with Crippen molar-refractivity contribution in [1.29, 1.82) is 0 Å². The molecular weight excluding hydrogens is 278 g/mol. The van der Waals surface area contributed by atoms with Crippen molar-refractivity contribution in [2.24, 2.45) is 0 Å². The van der Waals surface area contributed by atoms with Crippen molar-refractivity contribution in [2.45, 2.75) is 50.5 Å². The van der Waals surface area contributed by atoms with Gasteiger partial charge in [0.2, 0.25) is 0 Å². The molecule has 2 aliphatic heterocycles. The maximum absolute atomic E-state index is 6.00. The molecule has 0 aromatic heterocycles. The van der Waals surface area contributed by atoms with Crippen LogP contribution in [-0.4, -0.2) is 50.0 Å². The average Bonchev–Trinajstić information content (AvgIpc) is 3.02. The van der Waals surface area contributed by atoms with Crippen LogP contribution in [0.3, 0.4) is 0 Å². The Bertz CT molecular complexity index is 533. The fraction of sp³-hybridized carbons (Fsp3) is 0.667. The number of rotatable bonds is 3. The summed E-state index contributed by atoms with van der Waals surface area (Å²) in [6.07, 6.45) is 5.16. The van der Waals surface area contributed by atoms with Crippen molar-refractivity contribution < 1.29 is 14.2 Å². The highest BCUT2D eigenvalue weighted by Crippen LogP contribution is 2.32. The van der Waals surface area contributed by atoms with Crippen molar-refractivity contribution >= 4 is 0 Å². The zero-order chi connectivity index (χ0) is 14.9. The SMILES string of the molecule is CO[C@@H]1CC[C@@H]2OCCN(Cc3ccc4c(c3)CCO4)[C@@H]2C1. The minimum absolute atomic E-state index is 0.387. The molecule has 0 amide bonds. The number of morpholine rings is 1. The van der Waals surface area contributed by atoms with E-state index in [0.29, 0.717) is 18.2 Å². The van der Waals surface area contributed by atoms with E-state index in [1.54, 1.807) is 0 Å². The van der Waals surface area contributed by atoms with E-state index in [1.165, 1.54) is 11.1 Å². The number of benzene rings is 1. The number of nitrogens with zero attached hydrogens (tertiary/aromatic N) is 1. The minimum atomic E-state index is 0.387. The molecule has 22 heavy (non-hydrogen) atoms. The maximum atomic E-state index is 6.00. The van der Waals surface area contributed by atoms with Crippen molar-refractivity contribution in [1.82, 2.24) is 4.90 Å². The lowest BCUT2D eigenvalue weighted by molar-refractivity contribution is -0.116. The fourth-order valence-corrected chi connectivity index (χ4v) is 4.13. The summed E-state index contributed by atoms with van der Waals surface area (Å²) in [6, 6.07) is 7.17. The summed E-state index contributed by atoms with van der Waals surface area (Å²) in [7, 11) is 1.83. The highest BCUT2D eigenvalue weighted by molar-refractivity contribution is 5.39. The first-order chi connectivity index (χ1) is 10.8. The quantitative estimate of drug-likeness (QED) is 0.858. The standard InChI is InChI=1S/C18H25NO3/c1-20-15-3-5-18-16(11-15)19(7-9-22-18)12-13-2-4-17-14(10-13)6-8-21-17/h2,4,10,15-16,18H,3,5-9,11-12H2,1H3/t15-,16-,18+/m1/s1. The molecule has 1 aromatic rings. The van der Waals surface area contributed by atoms with E-state index in [1.807, 2.05) is 7.11 Å². The first-order valence-corrected chi connectivity index (χ1v) is 8.46. The molecular formula is C18H25NO3. The topological polar surface area (TPSA) is 30.9 Å². The normalized spacial score (nSPS) is 31.4. The van der Waals surface area contributed by atoms with Crippen LogP contribution >= 0.6 is 0 Å². The first-order valence-electron chi connectivity index (χ1n) is 8.46. The molecule has 0 radical (unpaired) electrons. The van der Waals surface area contributed by atoms with Gasteiger partial charge >= 0.3 is 0 Å². The second-order valence-electron chi connectivity index (χ2n) is 6.66. The molecule has 1 saturated carbocycles. The molecule has 0 bridgehead atoms. The lowest BCUT2D eigenvalue weighted by Crippen LogP contribution is -2.54. The summed E-state index contributed by atoms with van der Waals surface area (Å²) in [5, 5.41) is 0. The second-order valence-corrected chi connectivity index (χ2v) is 6.66. The van der Waals surface area contributed by atoms with Gasteiger partial charge in [-0.15, -0.1) is 0 Å². The van der Waals surface area contributed by atoms with Crippen LogP contribution in [0.4, 0.5) is 0 Å². The van der Waals surface area contributed by atoms with Gasteiger partial charge in [0.15, 0.2) is 0 Å². The molecule has 1 aliphatic carbocycles. The van der Waals surface area contributed by atoms with Gasteiger partial charge in [-0.25, -0.2) is 0 Å². The second kappa shape index (κ2) is 6.19. The van der Waals surface area contributed by atoms with Crippen molar-refractivity contribution in [3.8, 4) is 5.75 Å². The van der Waals surface area contributed by atoms with Crippen LogP contribution in [0.5, 0.6) is 5.75 Å².